The Hall–Kier alpha value is -3.62. The van der Waals surface area contributed by atoms with Crippen LogP contribution in [-0.2, 0) is 54.8 Å². The Balaban J connectivity index is 1.34. The van der Waals surface area contributed by atoms with E-state index >= 15 is 0 Å². The Morgan fingerprint density at radius 1 is 0.640 bits per heavy atom. The Kier molecular flexibility index (Phi) is 13.1. The highest BCUT2D eigenvalue weighted by molar-refractivity contribution is 5.17. The number of ether oxygens (including phenoxy) is 6. The molecular formula is C44H52O6. The fourth-order valence-electron chi connectivity index (χ4n) is 7.33. The van der Waals surface area contributed by atoms with Crippen LogP contribution in [0.2, 0.25) is 0 Å². The number of hydrogen-bond acceptors (Lipinski definition) is 6. The topological polar surface area (TPSA) is 55.4 Å². The monoisotopic (exact) mass is 676 g/mol. The van der Waals surface area contributed by atoms with Gasteiger partial charge in [0.05, 0.1) is 38.6 Å². The van der Waals surface area contributed by atoms with Crippen LogP contribution < -0.4 is 0 Å². The van der Waals surface area contributed by atoms with Gasteiger partial charge >= 0.3 is 0 Å². The lowest BCUT2D eigenvalue weighted by atomic mass is 9.75. The van der Waals surface area contributed by atoms with Crippen LogP contribution in [0.15, 0.2) is 133 Å². The minimum absolute atomic E-state index is 0.299. The van der Waals surface area contributed by atoms with Crippen molar-refractivity contribution in [1.29, 1.82) is 0 Å². The predicted octanol–water partition coefficient (Wildman–Crippen LogP) is 9.23. The van der Waals surface area contributed by atoms with E-state index in [1.807, 2.05) is 72.8 Å². The SMILES string of the molecule is C=C1C[C@H](C)CC(CC)(O[C@H]2O[C@H](COCc3ccccc3)[C@@H](OCc3ccccc3)[C@H](OCc3ccccc3)[C@H]2OCc2ccccc2)C1. The average Bonchev–Trinajstić information content (AvgIpc) is 3.14. The molecule has 4 aromatic rings. The lowest BCUT2D eigenvalue weighted by molar-refractivity contribution is -0.351. The smallest absolute Gasteiger partial charge is 0.187 e. The van der Waals surface area contributed by atoms with E-state index in [-0.39, 0.29) is 0 Å². The minimum Gasteiger partial charge on any atom is -0.374 e. The van der Waals surface area contributed by atoms with Gasteiger partial charge in [0.25, 0.3) is 0 Å². The third kappa shape index (κ3) is 10.0. The number of rotatable bonds is 16. The lowest BCUT2D eigenvalue weighted by Gasteiger charge is -2.50. The Morgan fingerprint density at radius 2 is 1.10 bits per heavy atom. The summed E-state index contributed by atoms with van der Waals surface area (Å²) in [6.45, 7) is 10.8. The highest BCUT2D eigenvalue weighted by atomic mass is 16.7. The lowest BCUT2D eigenvalue weighted by Crippen LogP contribution is -2.63. The van der Waals surface area contributed by atoms with Crippen molar-refractivity contribution in [1.82, 2.24) is 0 Å². The van der Waals surface area contributed by atoms with E-state index in [2.05, 4.69) is 69.0 Å². The first-order chi connectivity index (χ1) is 24.5. The van der Waals surface area contributed by atoms with Crippen molar-refractivity contribution in [2.75, 3.05) is 6.61 Å². The standard InChI is InChI=1S/C44H52O6/c1-4-44(26-33(2)25-34(3)27-44)50-43-42(48-31-38-23-15-8-16-24-38)41(47-30-37-21-13-7-14-22-37)40(46-29-36-19-11-6-12-20-36)39(49-43)32-45-28-35-17-9-5-10-18-35/h5-24,34,39-43H,2,4,25-32H2,1,3H3/t34-,39+,40+,41-,42+,43+,44?/m0/s1. The summed E-state index contributed by atoms with van der Waals surface area (Å²) in [6, 6.07) is 40.9. The first kappa shape index (κ1) is 36.2. The van der Waals surface area contributed by atoms with Crippen LogP contribution in [0.5, 0.6) is 0 Å². The van der Waals surface area contributed by atoms with Crippen molar-refractivity contribution in [3.05, 3.63) is 156 Å². The second-order valence-electron chi connectivity index (χ2n) is 13.9. The molecule has 264 valence electrons. The Labute approximate surface area is 298 Å². The third-order valence-corrected chi connectivity index (χ3v) is 9.78. The number of hydrogen-bond donors (Lipinski definition) is 0. The molecule has 4 aromatic carbocycles. The van der Waals surface area contributed by atoms with Gasteiger partial charge in [-0.25, -0.2) is 0 Å². The molecule has 2 fully saturated rings. The van der Waals surface area contributed by atoms with E-state index in [0.29, 0.717) is 39.0 Å². The quantitative estimate of drug-likeness (QED) is 0.110. The highest BCUT2D eigenvalue weighted by Gasteiger charge is 2.52. The van der Waals surface area contributed by atoms with E-state index in [4.69, 9.17) is 28.4 Å². The molecule has 0 amide bonds. The molecule has 6 nitrogen and oxygen atoms in total. The van der Waals surface area contributed by atoms with Crippen LogP contribution in [0.1, 0.15) is 61.8 Å². The first-order valence-electron chi connectivity index (χ1n) is 18.1. The minimum atomic E-state index is -0.723. The second-order valence-corrected chi connectivity index (χ2v) is 13.9. The van der Waals surface area contributed by atoms with Gasteiger partial charge in [0.1, 0.15) is 24.4 Å². The Bertz CT molecular complexity index is 1570. The highest BCUT2D eigenvalue weighted by Crippen LogP contribution is 2.43. The summed E-state index contributed by atoms with van der Waals surface area (Å²) in [5, 5.41) is 0. The van der Waals surface area contributed by atoms with Gasteiger partial charge in [0.15, 0.2) is 6.29 Å². The maximum Gasteiger partial charge on any atom is 0.187 e. The molecule has 0 spiro atoms. The van der Waals surface area contributed by atoms with Gasteiger partial charge in [-0.2, -0.15) is 0 Å². The third-order valence-electron chi connectivity index (χ3n) is 9.78. The molecule has 0 aromatic heterocycles. The van der Waals surface area contributed by atoms with E-state index in [9.17, 15) is 0 Å². The molecule has 1 unspecified atom stereocenters. The van der Waals surface area contributed by atoms with Crippen LogP contribution in [-0.4, -0.2) is 42.9 Å². The summed E-state index contributed by atoms with van der Waals surface area (Å²) in [6.07, 6.45) is 0.739. The normalized spacial score (nSPS) is 26.9. The van der Waals surface area contributed by atoms with Gasteiger partial charge in [-0.05, 0) is 53.9 Å². The summed E-state index contributed by atoms with van der Waals surface area (Å²) in [5.74, 6) is 0.459. The largest absolute Gasteiger partial charge is 0.374 e. The summed E-state index contributed by atoms with van der Waals surface area (Å²) < 4.78 is 41.1. The fourth-order valence-corrected chi connectivity index (χ4v) is 7.33. The van der Waals surface area contributed by atoms with E-state index in [1.165, 1.54) is 5.57 Å². The second kappa shape index (κ2) is 18.0. The van der Waals surface area contributed by atoms with Crippen LogP contribution >= 0.6 is 0 Å². The maximum atomic E-state index is 7.20. The van der Waals surface area contributed by atoms with E-state index < -0.39 is 36.3 Å². The zero-order valence-electron chi connectivity index (χ0n) is 29.5. The van der Waals surface area contributed by atoms with Crippen LogP contribution in [0.25, 0.3) is 0 Å². The van der Waals surface area contributed by atoms with Crippen molar-refractivity contribution in [2.45, 2.75) is 102 Å². The zero-order valence-corrected chi connectivity index (χ0v) is 29.5. The van der Waals surface area contributed by atoms with Crippen molar-refractivity contribution < 1.29 is 28.4 Å². The molecule has 1 saturated heterocycles. The molecule has 1 saturated carbocycles. The maximum absolute atomic E-state index is 7.20. The molecule has 0 radical (unpaired) electrons. The molecule has 1 aliphatic heterocycles. The van der Waals surface area contributed by atoms with Crippen LogP contribution in [0, 0.1) is 5.92 Å². The van der Waals surface area contributed by atoms with Gasteiger partial charge in [0.2, 0.25) is 0 Å². The number of benzene rings is 4. The summed E-state index contributed by atoms with van der Waals surface area (Å²) in [7, 11) is 0. The zero-order chi connectivity index (χ0) is 34.6. The molecule has 6 rings (SSSR count). The molecule has 2 aliphatic rings. The summed E-state index contributed by atoms with van der Waals surface area (Å²) in [4.78, 5) is 0. The van der Waals surface area contributed by atoms with Gasteiger partial charge in [-0.3, -0.25) is 0 Å². The molecule has 1 aliphatic carbocycles. The average molecular weight is 677 g/mol. The molecule has 50 heavy (non-hydrogen) atoms. The summed E-state index contributed by atoms with van der Waals surface area (Å²) >= 11 is 0. The van der Waals surface area contributed by atoms with Gasteiger partial charge < -0.3 is 28.4 Å². The van der Waals surface area contributed by atoms with Crippen molar-refractivity contribution in [3.8, 4) is 0 Å². The molecule has 0 N–H and O–H groups in total. The molecule has 0 bridgehead atoms. The van der Waals surface area contributed by atoms with Crippen molar-refractivity contribution in [3.63, 3.8) is 0 Å². The molecule has 1 heterocycles. The van der Waals surface area contributed by atoms with Gasteiger partial charge in [-0.15, -0.1) is 0 Å². The molecule has 6 heteroatoms. The van der Waals surface area contributed by atoms with Crippen LogP contribution in [0.3, 0.4) is 0 Å². The van der Waals surface area contributed by atoms with Crippen LogP contribution in [0.4, 0.5) is 0 Å². The first-order valence-corrected chi connectivity index (χ1v) is 18.1. The molecule has 7 atom stereocenters. The Morgan fingerprint density at radius 3 is 1.58 bits per heavy atom. The van der Waals surface area contributed by atoms with Gasteiger partial charge in [0, 0.05) is 0 Å². The van der Waals surface area contributed by atoms with Crippen molar-refractivity contribution >= 4 is 0 Å². The van der Waals surface area contributed by atoms with E-state index in [0.717, 1.165) is 47.9 Å². The van der Waals surface area contributed by atoms with Crippen molar-refractivity contribution in [2.24, 2.45) is 5.92 Å². The molecular weight excluding hydrogens is 624 g/mol. The predicted molar refractivity (Wildman–Crippen MR) is 196 cm³/mol. The van der Waals surface area contributed by atoms with E-state index in [1.54, 1.807) is 0 Å². The summed E-state index contributed by atoms with van der Waals surface area (Å²) in [5.41, 5.74) is 5.08. The fraction of sp³-hybridized carbons (Fsp3) is 0.409. The van der Waals surface area contributed by atoms with Gasteiger partial charge in [-0.1, -0.05) is 147 Å².